The smallest absolute Gasteiger partial charge is 0.295 e. The summed E-state index contributed by atoms with van der Waals surface area (Å²) in [6.07, 6.45) is 0. The molecule has 0 saturated carbocycles. The van der Waals surface area contributed by atoms with E-state index in [4.69, 9.17) is 10.3 Å². The number of hydrogen-bond acceptors (Lipinski definition) is 10. The quantitative estimate of drug-likeness (QED) is 0.0979. The first-order valence-corrected chi connectivity index (χ1v) is 14.3. The minimum Gasteiger partial charge on any atom is -0.505 e. The number of benzene rings is 5. The maximum absolute atomic E-state index is 12.2. The molecular formula is C26H19N5O7S2. The van der Waals surface area contributed by atoms with Crippen LogP contribution >= 0.6 is 0 Å². The molecule has 0 aliphatic carbocycles. The number of nitrogens with zero attached hydrogens (tertiary/aromatic N) is 4. The molecule has 5 rings (SSSR count). The van der Waals surface area contributed by atoms with Gasteiger partial charge in [-0.05, 0) is 47.9 Å². The van der Waals surface area contributed by atoms with E-state index in [2.05, 4.69) is 20.5 Å². The first kappa shape index (κ1) is 26.8. The van der Waals surface area contributed by atoms with Gasteiger partial charge in [0.1, 0.15) is 16.3 Å². The molecule has 0 aromatic heterocycles. The Hall–Kier alpha value is -4.76. The fourth-order valence-corrected chi connectivity index (χ4v) is 5.23. The molecule has 0 heterocycles. The second-order valence-corrected chi connectivity index (χ2v) is 11.3. The number of hydrogen-bond donors (Lipinski definition) is 4. The van der Waals surface area contributed by atoms with Gasteiger partial charge in [-0.2, -0.15) is 21.9 Å². The van der Waals surface area contributed by atoms with Gasteiger partial charge >= 0.3 is 0 Å². The molecule has 0 saturated heterocycles. The third-order valence-electron chi connectivity index (χ3n) is 5.95. The zero-order valence-corrected chi connectivity index (χ0v) is 21.9. The highest BCUT2D eigenvalue weighted by Crippen LogP contribution is 2.45. The van der Waals surface area contributed by atoms with Crippen molar-refractivity contribution in [1.29, 1.82) is 0 Å². The number of aromatic hydroxyl groups is 1. The molecule has 0 atom stereocenters. The van der Waals surface area contributed by atoms with Gasteiger partial charge < -0.3 is 10.8 Å². The van der Waals surface area contributed by atoms with Crippen molar-refractivity contribution in [1.82, 2.24) is 0 Å². The van der Waals surface area contributed by atoms with E-state index in [0.29, 0.717) is 5.69 Å². The third kappa shape index (κ3) is 5.23. The van der Waals surface area contributed by atoms with Crippen LogP contribution in [0.2, 0.25) is 0 Å². The average molecular weight is 578 g/mol. The fourth-order valence-electron chi connectivity index (χ4n) is 4.04. The lowest BCUT2D eigenvalue weighted by Crippen LogP contribution is -2.01. The van der Waals surface area contributed by atoms with Gasteiger partial charge in [0.25, 0.3) is 20.2 Å². The van der Waals surface area contributed by atoms with Crippen LogP contribution < -0.4 is 5.73 Å². The zero-order chi connectivity index (χ0) is 28.7. The van der Waals surface area contributed by atoms with E-state index in [1.54, 1.807) is 12.1 Å². The largest absolute Gasteiger partial charge is 0.505 e. The molecule has 12 nitrogen and oxygen atoms in total. The van der Waals surface area contributed by atoms with Crippen molar-refractivity contribution in [3.63, 3.8) is 0 Å². The molecule has 0 spiro atoms. The lowest BCUT2D eigenvalue weighted by atomic mass is 10.1. The summed E-state index contributed by atoms with van der Waals surface area (Å²) in [6, 6.07) is 21.3. The van der Waals surface area contributed by atoms with E-state index >= 15 is 0 Å². The van der Waals surface area contributed by atoms with Crippen LogP contribution in [0.15, 0.2) is 115 Å². The molecule has 5 aromatic rings. The molecule has 0 bridgehead atoms. The maximum atomic E-state index is 12.2. The van der Waals surface area contributed by atoms with Crippen LogP contribution in [0, 0.1) is 0 Å². The van der Waals surface area contributed by atoms with Crippen molar-refractivity contribution in [2.75, 3.05) is 5.73 Å². The van der Waals surface area contributed by atoms with Crippen LogP contribution in [0.1, 0.15) is 0 Å². The van der Waals surface area contributed by atoms with Crippen molar-refractivity contribution < 1.29 is 31.0 Å². The van der Waals surface area contributed by atoms with Gasteiger partial charge in [0.2, 0.25) is 0 Å². The van der Waals surface area contributed by atoms with Crippen molar-refractivity contribution in [3.8, 4) is 5.75 Å². The third-order valence-corrected chi connectivity index (χ3v) is 7.71. The molecule has 40 heavy (non-hydrogen) atoms. The fraction of sp³-hybridized carbons (Fsp3) is 0. The topological polar surface area (TPSA) is 204 Å². The van der Waals surface area contributed by atoms with Gasteiger partial charge in [-0.15, -0.1) is 15.3 Å². The Morgan fingerprint density at radius 1 is 0.625 bits per heavy atom. The number of rotatable bonds is 6. The predicted molar refractivity (Wildman–Crippen MR) is 148 cm³/mol. The van der Waals surface area contributed by atoms with Crippen molar-refractivity contribution in [2.45, 2.75) is 9.79 Å². The van der Waals surface area contributed by atoms with Gasteiger partial charge in [-0.3, -0.25) is 9.11 Å². The Bertz CT molecular complexity index is 2070. The summed E-state index contributed by atoms with van der Waals surface area (Å²) in [7, 11) is -9.21. The summed E-state index contributed by atoms with van der Waals surface area (Å²) in [5, 5.41) is 28.8. The van der Waals surface area contributed by atoms with E-state index < -0.39 is 30.9 Å². The van der Waals surface area contributed by atoms with E-state index in [1.807, 2.05) is 30.3 Å². The second-order valence-electron chi connectivity index (χ2n) is 8.51. The van der Waals surface area contributed by atoms with Crippen LogP contribution in [0.3, 0.4) is 0 Å². The molecule has 202 valence electrons. The number of fused-ring (bicyclic) bond motifs is 2. The summed E-state index contributed by atoms with van der Waals surface area (Å²) in [4.78, 5) is -0.944. The first-order valence-electron chi connectivity index (χ1n) is 11.4. The molecule has 5 aromatic carbocycles. The Kier molecular flexibility index (Phi) is 6.77. The summed E-state index contributed by atoms with van der Waals surface area (Å²) in [6.45, 7) is 0. The highest BCUT2D eigenvalue weighted by Gasteiger charge is 2.22. The van der Waals surface area contributed by atoms with Crippen LogP contribution in [0.4, 0.5) is 28.4 Å². The Morgan fingerprint density at radius 3 is 1.98 bits per heavy atom. The van der Waals surface area contributed by atoms with E-state index in [1.165, 1.54) is 24.3 Å². The Morgan fingerprint density at radius 2 is 1.27 bits per heavy atom. The van der Waals surface area contributed by atoms with Gasteiger partial charge in [0.05, 0.1) is 27.3 Å². The van der Waals surface area contributed by atoms with E-state index in [0.717, 1.165) is 29.0 Å². The van der Waals surface area contributed by atoms with Gasteiger partial charge in [-0.1, -0.05) is 42.5 Å². The van der Waals surface area contributed by atoms with Crippen LogP contribution in [0.5, 0.6) is 5.75 Å². The van der Waals surface area contributed by atoms with Crippen molar-refractivity contribution in [3.05, 3.63) is 84.9 Å². The molecule has 0 aliphatic rings. The minimum atomic E-state index is -4.80. The SMILES string of the molecule is Nc1c(N=Nc2ccc(S(=O)(=O)O)cc2)cc(S(=O)(=O)O)c2ccc(N=Nc3cccc4ccccc34)c(O)c12. The molecule has 0 radical (unpaired) electrons. The van der Waals surface area contributed by atoms with Gasteiger partial charge in [0, 0.05) is 10.8 Å². The summed E-state index contributed by atoms with van der Waals surface area (Å²) >= 11 is 0. The summed E-state index contributed by atoms with van der Waals surface area (Å²) in [5.74, 6) is -0.501. The number of nitrogen functional groups attached to an aromatic ring is 1. The number of phenols is 1. The highest BCUT2D eigenvalue weighted by atomic mass is 32.2. The summed E-state index contributed by atoms with van der Waals surface area (Å²) < 4.78 is 65.8. The minimum absolute atomic E-state index is 0.0247. The standard InChI is InChI=1S/C26H19N5O7S2/c27-25-22(31-28-16-8-10-17(11-9-16)39(33,34)35)14-23(40(36,37)38)19-12-13-21(26(32)24(19)25)30-29-20-7-3-5-15-4-1-2-6-18(15)20/h1-14,32H,27H2,(H,33,34,35)(H,36,37,38). The van der Waals surface area contributed by atoms with Crippen molar-refractivity contribution in [2.24, 2.45) is 20.5 Å². The number of nitrogens with two attached hydrogens (primary N) is 1. The zero-order valence-electron chi connectivity index (χ0n) is 20.2. The van der Waals surface area contributed by atoms with Gasteiger partial charge in [0.15, 0.2) is 5.75 Å². The lowest BCUT2D eigenvalue weighted by Gasteiger charge is -2.12. The van der Waals surface area contributed by atoms with Crippen LogP contribution in [-0.4, -0.2) is 31.0 Å². The average Bonchev–Trinajstić information content (AvgIpc) is 2.91. The van der Waals surface area contributed by atoms with Crippen LogP contribution in [0.25, 0.3) is 21.5 Å². The second kappa shape index (κ2) is 10.1. The Balaban J connectivity index is 1.62. The summed E-state index contributed by atoms with van der Waals surface area (Å²) in [5.41, 5.74) is 6.53. The molecule has 0 fully saturated rings. The molecular weight excluding hydrogens is 558 g/mol. The Labute approximate surface area is 227 Å². The lowest BCUT2D eigenvalue weighted by molar-refractivity contribution is 0.480. The molecule has 0 amide bonds. The first-order chi connectivity index (χ1) is 18.9. The predicted octanol–water partition coefficient (Wildman–Crippen LogP) is 6.61. The maximum Gasteiger partial charge on any atom is 0.295 e. The van der Waals surface area contributed by atoms with E-state index in [-0.39, 0.29) is 38.4 Å². The monoisotopic (exact) mass is 577 g/mol. The van der Waals surface area contributed by atoms with E-state index in [9.17, 15) is 26.5 Å². The normalized spacial score (nSPS) is 12.7. The number of anilines is 1. The van der Waals surface area contributed by atoms with Crippen molar-refractivity contribution >= 4 is 70.2 Å². The molecule has 5 N–H and O–H groups in total. The molecule has 0 aliphatic heterocycles. The molecule has 14 heteroatoms. The van der Waals surface area contributed by atoms with Crippen LogP contribution in [-0.2, 0) is 20.2 Å². The molecule has 0 unspecified atom stereocenters. The highest BCUT2D eigenvalue weighted by molar-refractivity contribution is 7.86. The number of azo groups is 2. The van der Waals surface area contributed by atoms with Gasteiger partial charge in [-0.25, -0.2) is 0 Å². The number of phenolic OH excluding ortho intramolecular Hbond substituents is 1.